The number of pyridine rings is 2. The lowest BCUT2D eigenvalue weighted by atomic mass is 9.93. The largest absolute Gasteiger partial charge is 0.368 e. The van der Waals surface area contributed by atoms with Crippen molar-refractivity contribution in [3.05, 3.63) is 88.5 Å². The minimum atomic E-state index is -0.336. The van der Waals surface area contributed by atoms with Crippen LogP contribution in [0.25, 0.3) is 11.1 Å². The summed E-state index contributed by atoms with van der Waals surface area (Å²) in [5.41, 5.74) is 5.47. The van der Waals surface area contributed by atoms with Crippen molar-refractivity contribution in [2.24, 2.45) is 7.05 Å². The Morgan fingerprint density at radius 1 is 0.905 bits per heavy atom. The molecule has 1 fully saturated rings. The molecule has 0 saturated carbocycles. The van der Waals surface area contributed by atoms with Crippen LogP contribution in [0.4, 0.5) is 22.9 Å². The van der Waals surface area contributed by atoms with E-state index in [-0.39, 0.29) is 22.6 Å². The fraction of sp³-hybridized carbons (Fsp3) is 0.344. The van der Waals surface area contributed by atoms with Crippen LogP contribution in [0.15, 0.2) is 66.0 Å². The molecule has 1 saturated heterocycles. The second-order valence-electron chi connectivity index (χ2n) is 11.8. The van der Waals surface area contributed by atoms with E-state index in [2.05, 4.69) is 42.4 Å². The van der Waals surface area contributed by atoms with Crippen LogP contribution in [-0.4, -0.2) is 63.6 Å². The molecule has 10 nitrogen and oxygen atoms in total. The van der Waals surface area contributed by atoms with Crippen molar-refractivity contribution in [1.82, 2.24) is 24.4 Å². The molecule has 0 atom stereocenters. The van der Waals surface area contributed by atoms with Gasteiger partial charge in [0.25, 0.3) is 11.5 Å². The number of hydrogen-bond donors (Lipinski definition) is 2. The fourth-order valence-electron chi connectivity index (χ4n) is 4.90. The van der Waals surface area contributed by atoms with Crippen LogP contribution in [0.1, 0.15) is 42.5 Å². The Hall–Kier alpha value is -4.57. The van der Waals surface area contributed by atoms with Crippen molar-refractivity contribution in [2.75, 3.05) is 48.8 Å². The molecule has 1 aliphatic rings. The highest BCUT2D eigenvalue weighted by Gasteiger charge is 2.19. The molecular weight excluding hydrogens is 528 g/mol. The Balaban J connectivity index is 1.36. The first-order valence-electron chi connectivity index (χ1n) is 14.1. The third-order valence-corrected chi connectivity index (χ3v) is 7.61. The molecule has 2 N–H and O–H groups in total. The van der Waals surface area contributed by atoms with Crippen molar-refractivity contribution in [3.63, 3.8) is 0 Å². The lowest BCUT2D eigenvalue weighted by molar-refractivity contribution is 0.102. The first kappa shape index (κ1) is 28.9. The van der Waals surface area contributed by atoms with Gasteiger partial charge < -0.3 is 25.0 Å². The Bertz CT molecular complexity index is 1630. The van der Waals surface area contributed by atoms with Gasteiger partial charge in [-0.3, -0.25) is 14.6 Å². The molecule has 0 aliphatic carbocycles. The van der Waals surface area contributed by atoms with Gasteiger partial charge in [-0.25, -0.2) is 9.97 Å². The van der Waals surface area contributed by atoms with Gasteiger partial charge in [-0.05, 0) is 49.4 Å². The molecule has 1 aromatic carbocycles. The molecule has 1 aliphatic heterocycles. The topological polar surface area (TPSA) is 108 Å². The van der Waals surface area contributed by atoms with Crippen LogP contribution in [0.5, 0.6) is 0 Å². The molecule has 5 rings (SSSR count). The van der Waals surface area contributed by atoms with Crippen LogP contribution in [0.3, 0.4) is 0 Å². The summed E-state index contributed by atoms with van der Waals surface area (Å²) >= 11 is 0. The molecule has 0 bridgehead atoms. The van der Waals surface area contributed by atoms with Crippen LogP contribution >= 0.6 is 0 Å². The average Bonchev–Trinajstić information content (AvgIpc) is 2.97. The summed E-state index contributed by atoms with van der Waals surface area (Å²) in [5.74, 6) is 0.260. The number of carbonyl (C=O) groups is 1. The second kappa shape index (κ2) is 11.7. The predicted molar refractivity (Wildman–Crippen MR) is 168 cm³/mol. The first-order valence-corrected chi connectivity index (χ1v) is 14.1. The van der Waals surface area contributed by atoms with Gasteiger partial charge in [0.2, 0.25) is 0 Å². The predicted octanol–water partition coefficient (Wildman–Crippen LogP) is 4.59. The first-order chi connectivity index (χ1) is 20.0. The quantitative estimate of drug-likeness (QED) is 0.349. The zero-order valence-corrected chi connectivity index (χ0v) is 25.1. The summed E-state index contributed by atoms with van der Waals surface area (Å²) in [4.78, 5) is 44.0. The Morgan fingerprint density at radius 2 is 1.67 bits per heavy atom. The van der Waals surface area contributed by atoms with Gasteiger partial charge in [0.05, 0.1) is 23.8 Å². The van der Waals surface area contributed by atoms with Crippen LogP contribution < -0.4 is 21.1 Å². The molecule has 0 unspecified atom stereocenters. The van der Waals surface area contributed by atoms with E-state index in [0.29, 0.717) is 17.2 Å². The summed E-state index contributed by atoms with van der Waals surface area (Å²) in [6, 6.07) is 11.5. The lowest BCUT2D eigenvalue weighted by Gasteiger charge is -2.33. The van der Waals surface area contributed by atoms with E-state index in [1.165, 1.54) is 6.20 Å². The zero-order valence-electron chi connectivity index (χ0n) is 25.1. The summed E-state index contributed by atoms with van der Waals surface area (Å²) in [6.07, 6.45) is 6.79. The van der Waals surface area contributed by atoms with Gasteiger partial charge in [-0.1, -0.05) is 32.9 Å². The molecule has 1 amide bonds. The summed E-state index contributed by atoms with van der Waals surface area (Å²) in [6.45, 7) is 12.1. The van der Waals surface area contributed by atoms with E-state index in [4.69, 9.17) is 0 Å². The Kier molecular flexibility index (Phi) is 8.08. The van der Waals surface area contributed by atoms with Crippen molar-refractivity contribution >= 4 is 28.8 Å². The number of aromatic nitrogens is 4. The maximum Gasteiger partial charge on any atom is 0.275 e. The number of benzene rings is 1. The van der Waals surface area contributed by atoms with Crippen LogP contribution in [0.2, 0.25) is 0 Å². The number of nitrogens with one attached hydrogen (secondary N) is 2. The summed E-state index contributed by atoms with van der Waals surface area (Å²) < 4.78 is 1.55. The number of amides is 1. The van der Waals surface area contributed by atoms with Gasteiger partial charge in [0.1, 0.15) is 17.2 Å². The number of rotatable bonds is 6. The van der Waals surface area contributed by atoms with E-state index in [9.17, 15) is 9.59 Å². The fourth-order valence-corrected chi connectivity index (χ4v) is 4.90. The SMILES string of the molecule is Cc1c(NC(=O)c2cnc(C(C)(C)C)cn2)cccc1-c1cc(Nc2ccc(N3CCN(C)CC3)cn2)c(=O)n(C)c1. The molecule has 4 heterocycles. The molecule has 10 heteroatoms. The van der Waals surface area contributed by atoms with Crippen molar-refractivity contribution in [3.8, 4) is 11.1 Å². The van der Waals surface area contributed by atoms with Crippen LogP contribution in [-0.2, 0) is 12.5 Å². The third kappa shape index (κ3) is 6.33. The minimum absolute atomic E-state index is 0.152. The maximum absolute atomic E-state index is 13.0. The number of anilines is 4. The van der Waals surface area contributed by atoms with Gasteiger partial charge in [0.15, 0.2) is 0 Å². The number of carbonyl (C=O) groups excluding carboxylic acids is 1. The van der Waals surface area contributed by atoms with Gasteiger partial charge >= 0.3 is 0 Å². The van der Waals surface area contributed by atoms with Crippen molar-refractivity contribution in [2.45, 2.75) is 33.1 Å². The third-order valence-electron chi connectivity index (χ3n) is 7.61. The number of hydrogen-bond acceptors (Lipinski definition) is 8. The Labute approximate surface area is 246 Å². The highest BCUT2D eigenvalue weighted by molar-refractivity contribution is 6.03. The number of likely N-dealkylation sites (N-methyl/N-ethyl adjacent to an activating group) is 1. The van der Waals surface area contributed by atoms with E-state index < -0.39 is 0 Å². The van der Waals surface area contributed by atoms with E-state index >= 15 is 0 Å². The normalized spacial score (nSPS) is 14.1. The number of nitrogens with zero attached hydrogens (tertiary/aromatic N) is 6. The smallest absolute Gasteiger partial charge is 0.275 e. The second-order valence-corrected chi connectivity index (χ2v) is 11.8. The molecule has 0 spiro atoms. The standard InChI is InChI=1S/C32H38N8O2/c1-21-24(8-7-9-25(21)37-30(41)27-18-34-28(19-33-27)32(2,3)4)22-16-26(31(42)39(6)20-22)36-29-11-10-23(17-35-29)40-14-12-38(5)13-15-40/h7-11,16-20H,12-15H2,1-6H3,(H,35,36)(H,37,41). The maximum atomic E-state index is 13.0. The van der Waals surface area contributed by atoms with Gasteiger partial charge in [0, 0.05) is 62.3 Å². The number of aryl methyl sites for hydroxylation is 1. The summed E-state index contributed by atoms with van der Waals surface area (Å²) in [7, 11) is 3.86. The molecule has 3 aromatic heterocycles. The lowest BCUT2D eigenvalue weighted by Crippen LogP contribution is -2.44. The average molecular weight is 567 g/mol. The number of piperazine rings is 1. The zero-order chi connectivity index (χ0) is 30.0. The molecule has 0 radical (unpaired) electrons. The highest BCUT2D eigenvalue weighted by Crippen LogP contribution is 2.30. The van der Waals surface area contributed by atoms with Gasteiger partial charge in [-0.2, -0.15) is 0 Å². The molecule has 218 valence electrons. The molecular formula is C32H38N8O2. The monoisotopic (exact) mass is 566 g/mol. The van der Waals surface area contributed by atoms with Crippen molar-refractivity contribution < 1.29 is 4.79 Å². The van der Waals surface area contributed by atoms with Gasteiger partial charge in [-0.15, -0.1) is 0 Å². The molecule has 4 aromatic rings. The highest BCUT2D eigenvalue weighted by atomic mass is 16.2. The Morgan fingerprint density at radius 3 is 2.31 bits per heavy atom. The van der Waals surface area contributed by atoms with E-state index in [1.54, 1.807) is 24.0 Å². The minimum Gasteiger partial charge on any atom is -0.368 e. The van der Waals surface area contributed by atoms with E-state index in [0.717, 1.165) is 54.3 Å². The summed E-state index contributed by atoms with van der Waals surface area (Å²) in [5, 5.41) is 6.17. The van der Waals surface area contributed by atoms with Crippen molar-refractivity contribution in [1.29, 1.82) is 0 Å². The molecule has 42 heavy (non-hydrogen) atoms. The van der Waals surface area contributed by atoms with Crippen LogP contribution in [0, 0.1) is 6.92 Å². The van der Waals surface area contributed by atoms with E-state index in [1.807, 2.05) is 70.3 Å².